The van der Waals surface area contributed by atoms with Crippen LogP contribution in [0.1, 0.15) is 30.7 Å². The third-order valence-corrected chi connectivity index (χ3v) is 4.77. The standard InChI is InChI=1S/C18H19N/c1-2-8-15(9-3-1)19-13-14-7-6-11-16(14)17-10-4-5-12-18(17)19/h1-5,8-10,12,14,16H,6-7,11,13H2. The Balaban J connectivity index is 1.83. The van der Waals surface area contributed by atoms with E-state index in [4.69, 9.17) is 0 Å². The van der Waals surface area contributed by atoms with Gasteiger partial charge in [0.2, 0.25) is 0 Å². The number of nitrogens with zero attached hydrogens (tertiary/aromatic N) is 1. The molecule has 96 valence electrons. The lowest BCUT2D eigenvalue weighted by Crippen LogP contribution is -2.32. The zero-order valence-corrected chi connectivity index (χ0v) is 11.1. The van der Waals surface area contributed by atoms with Gasteiger partial charge in [-0.05, 0) is 48.4 Å². The molecule has 0 saturated heterocycles. The van der Waals surface area contributed by atoms with Crippen molar-refractivity contribution in [3.05, 3.63) is 60.2 Å². The minimum Gasteiger partial charge on any atom is -0.341 e. The zero-order valence-electron chi connectivity index (χ0n) is 11.1. The topological polar surface area (TPSA) is 3.24 Å². The van der Waals surface area contributed by atoms with E-state index in [1.807, 2.05) is 0 Å². The molecule has 2 aromatic carbocycles. The Hall–Kier alpha value is -1.76. The van der Waals surface area contributed by atoms with Gasteiger partial charge in [0.1, 0.15) is 0 Å². The van der Waals surface area contributed by atoms with Crippen LogP contribution < -0.4 is 4.90 Å². The molecule has 1 nitrogen and oxygen atoms in total. The van der Waals surface area contributed by atoms with Gasteiger partial charge in [-0.2, -0.15) is 0 Å². The highest BCUT2D eigenvalue weighted by atomic mass is 15.1. The Morgan fingerprint density at radius 2 is 1.63 bits per heavy atom. The van der Waals surface area contributed by atoms with Crippen molar-refractivity contribution in [2.45, 2.75) is 25.2 Å². The molecule has 0 amide bonds. The summed E-state index contributed by atoms with van der Waals surface area (Å²) < 4.78 is 0. The van der Waals surface area contributed by atoms with Gasteiger partial charge in [0.15, 0.2) is 0 Å². The van der Waals surface area contributed by atoms with Crippen molar-refractivity contribution in [1.82, 2.24) is 0 Å². The SMILES string of the molecule is c1ccc(N2CC3CCCC3c3ccccc32)cc1. The predicted octanol–water partition coefficient (Wildman–Crippen LogP) is 4.72. The first-order chi connectivity index (χ1) is 9.43. The van der Waals surface area contributed by atoms with Gasteiger partial charge in [0.25, 0.3) is 0 Å². The quantitative estimate of drug-likeness (QED) is 0.706. The molecule has 2 unspecified atom stereocenters. The molecule has 0 N–H and O–H groups in total. The van der Waals surface area contributed by atoms with Crippen molar-refractivity contribution in [3.8, 4) is 0 Å². The monoisotopic (exact) mass is 249 g/mol. The highest BCUT2D eigenvalue weighted by Gasteiger charge is 2.36. The van der Waals surface area contributed by atoms with Crippen LogP contribution in [0, 0.1) is 5.92 Å². The number of fused-ring (bicyclic) bond motifs is 3. The van der Waals surface area contributed by atoms with Crippen LogP contribution in [0.15, 0.2) is 54.6 Å². The van der Waals surface area contributed by atoms with Gasteiger partial charge in [-0.15, -0.1) is 0 Å². The van der Waals surface area contributed by atoms with Crippen molar-refractivity contribution in [3.63, 3.8) is 0 Å². The second-order valence-corrected chi connectivity index (χ2v) is 5.80. The zero-order chi connectivity index (χ0) is 12.7. The lowest BCUT2D eigenvalue weighted by atomic mass is 9.83. The molecule has 0 spiro atoms. The van der Waals surface area contributed by atoms with E-state index in [1.54, 1.807) is 5.56 Å². The molecule has 0 aromatic heterocycles. The first kappa shape index (κ1) is 11.1. The van der Waals surface area contributed by atoms with Gasteiger partial charge in [0, 0.05) is 17.9 Å². The Morgan fingerprint density at radius 1 is 0.842 bits per heavy atom. The highest BCUT2D eigenvalue weighted by Crippen LogP contribution is 2.49. The Labute approximate surface area is 114 Å². The fourth-order valence-electron chi connectivity index (χ4n) is 3.90. The average Bonchev–Trinajstić information content (AvgIpc) is 2.96. The van der Waals surface area contributed by atoms with Crippen LogP contribution in [0.25, 0.3) is 0 Å². The molecule has 4 rings (SSSR count). The minimum absolute atomic E-state index is 0.802. The van der Waals surface area contributed by atoms with Crippen LogP contribution in [-0.2, 0) is 0 Å². The van der Waals surface area contributed by atoms with Gasteiger partial charge >= 0.3 is 0 Å². The Kier molecular flexibility index (Phi) is 2.58. The molecule has 2 atom stereocenters. The third-order valence-electron chi connectivity index (χ3n) is 4.77. The fourth-order valence-corrected chi connectivity index (χ4v) is 3.90. The van der Waals surface area contributed by atoms with Crippen LogP contribution in [0.5, 0.6) is 0 Å². The van der Waals surface area contributed by atoms with E-state index in [0.29, 0.717) is 0 Å². The molecular weight excluding hydrogens is 230 g/mol. The van der Waals surface area contributed by atoms with E-state index in [2.05, 4.69) is 59.5 Å². The molecule has 1 saturated carbocycles. The van der Waals surface area contributed by atoms with Crippen LogP contribution in [0.3, 0.4) is 0 Å². The lowest BCUT2D eigenvalue weighted by Gasteiger charge is -2.38. The number of rotatable bonds is 1. The molecule has 1 heteroatoms. The number of para-hydroxylation sites is 2. The fraction of sp³-hybridized carbons (Fsp3) is 0.333. The number of hydrogen-bond donors (Lipinski definition) is 0. The molecule has 1 aliphatic carbocycles. The lowest BCUT2D eigenvalue weighted by molar-refractivity contribution is 0.472. The van der Waals surface area contributed by atoms with E-state index in [0.717, 1.165) is 11.8 Å². The van der Waals surface area contributed by atoms with Gasteiger partial charge in [-0.3, -0.25) is 0 Å². The molecular formula is C18H19N. The summed E-state index contributed by atoms with van der Waals surface area (Å²) >= 11 is 0. The van der Waals surface area contributed by atoms with Gasteiger partial charge in [0.05, 0.1) is 0 Å². The molecule has 1 heterocycles. The summed E-state index contributed by atoms with van der Waals surface area (Å²) in [5.74, 6) is 1.64. The van der Waals surface area contributed by atoms with Crippen molar-refractivity contribution < 1.29 is 0 Å². The van der Waals surface area contributed by atoms with E-state index >= 15 is 0 Å². The van der Waals surface area contributed by atoms with Crippen LogP contribution in [-0.4, -0.2) is 6.54 Å². The Morgan fingerprint density at radius 3 is 2.53 bits per heavy atom. The van der Waals surface area contributed by atoms with Crippen molar-refractivity contribution in [2.24, 2.45) is 5.92 Å². The summed E-state index contributed by atoms with van der Waals surface area (Å²) in [6.07, 6.45) is 4.17. The summed E-state index contributed by atoms with van der Waals surface area (Å²) in [7, 11) is 0. The summed E-state index contributed by atoms with van der Waals surface area (Å²) in [4.78, 5) is 2.52. The maximum atomic E-state index is 2.52. The number of anilines is 2. The molecule has 0 bridgehead atoms. The number of hydrogen-bond acceptors (Lipinski definition) is 1. The normalized spacial score (nSPS) is 24.9. The van der Waals surface area contributed by atoms with E-state index in [-0.39, 0.29) is 0 Å². The van der Waals surface area contributed by atoms with Gasteiger partial charge in [-0.1, -0.05) is 42.8 Å². The molecule has 2 aliphatic rings. The van der Waals surface area contributed by atoms with E-state index < -0.39 is 0 Å². The molecule has 0 radical (unpaired) electrons. The van der Waals surface area contributed by atoms with E-state index in [1.165, 1.54) is 37.2 Å². The van der Waals surface area contributed by atoms with Gasteiger partial charge < -0.3 is 4.90 Å². The Bertz CT molecular complexity index is 575. The smallest absolute Gasteiger partial charge is 0.0446 e. The second kappa shape index (κ2) is 4.41. The molecule has 19 heavy (non-hydrogen) atoms. The molecule has 1 fully saturated rings. The first-order valence-electron chi connectivity index (χ1n) is 7.35. The maximum Gasteiger partial charge on any atom is 0.0446 e. The highest BCUT2D eigenvalue weighted by molar-refractivity contribution is 5.69. The summed E-state index contributed by atoms with van der Waals surface area (Å²) in [5, 5.41) is 0. The summed E-state index contributed by atoms with van der Waals surface area (Å²) in [6, 6.07) is 19.8. The van der Waals surface area contributed by atoms with E-state index in [9.17, 15) is 0 Å². The minimum atomic E-state index is 0.802. The van der Waals surface area contributed by atoms with Gasteiger partial charge in [-0.25, -0.2) is 0 Å². The van der Waals surface area contributed by atoms with Crippen LogP contribution in [0.4, 0.5) is 11.4 Å². The molecule has 2 aromatic rings. The van der Waals surface area contributed by atoms with Crippen LogP contribution >= 0.6 is 0 Å². The summed E-state index contributed by atoms with van der Waals surface area (Å²) in [6.45, 7) is 1.19. The largest absolute Gasteiger partial charge is 0.341 e. The first-order valence-corrected chi connectivity index (χ1v) is 7.35. The van der Waals surface area contributed by atoms with Crippen LogP contribution in [0.2, 0.25) is 0 Å². The average molecular weight is 249 g/mol. The third kappa shape index (κ3) is 1.76. The summed E-state index contributed by atoms with van der Waals surface area (Å²) in [5.41, 5.74) is 4.33. The number of benzene rings is 2. The van der Waals surface area contributed by atoms with Crippen molar-refractivity contribution >= 4 is 11.4 Å². The van der Waals surface area contributed by atoms with Crippen molar-refractivity contribution in [2.75, 3.05) is 11.4 Å². The second-order valence-electron chi connectivity index (χ2n) is 5.80. The predicted molar refractivity (Wildman–Crippen MR) is 80.0 cm³/mol. The maximum absolute atomic E-state index is 2.52. The molecule has 1 aliphatic heterocycles. The van der Waals surface area contributed by atoms with Crippen molar-refractivity contribution in [1.29, 1.82) is 0 Å².